The van der Waals surface area contributed by atoms with Gasteiger partial charge in [0.2, 0.25) is 5.91 Å². The molecule has 40 heavy (non-hydrogen) atoms. The monoisotopic (exact) mass is 656 g/mol. The lowest BCUT2D eigenvalue weighted by Crippen LogP contribution is -2.34. The Labute approximate surface area is 246 Å². The van der Waals surface area contributed by atoms with Crippen LogP contribution in [0.2, 0.25) is 0 Å². The van der Waals surface area contributed by atoms with Gasteiger partial charge in [0.25, 0.3) is 5.91 Å². The highest BCUT2D eigenvalue weighted by molar-refractivity contribution is 14.1. The van der Waals surface area contributed by atoms with E-state index in [2.05, 4.69) is 46.9 Å². The zero-order valence-corrected chi connectivity index (χ0v) is 24.9. The molecule has 10 nitrogen and oxygen atoms in total. The first-order chi connectivity index (χ1) is 19.2. The van der Waals surface area contributed by atoms with Crippen molar-refractivity contribution in [1.29, 1.82) is 0 Å². The summed E-state index contributed by atoms with van der Waals surface area (Å²) in [7, 11) is 4.13. The average Bonchev–Trinajstić information content (AvgIpc) is 3.59. The molecule has 0 radical (unpaired) electrons. The van der Waals surface area contributed by atoms with E-state index in [1.54, 1.807) is 11.0 Å². The largest absolute Gasteiger partial charge is 0.508 e. The maximum Gasteiger partial charge on any atom is 0.318 e. The van der Waals surface area contributed by atoms with Crippen molar-refractivity contribution in [2.24, 2.45) is 5.41 Å². The first-order valence-electron chi connectivity index (χ1n) is 13.6. The number of fused-ring (bicyclic) bond motifs is 2. The first-order valence-corrected chi connectivity index (χ1v) is 14.7. The van der Waals surface area contributed by atoms with E-state index in [1.807, 2.05) is 23.1 Å². The number of phenolic OH excluding ortho intramolecular Hbond substituents is 1. The number of nitrogens with one attached hydrogen (secondary N) is 1. The quantitative estimate of drug-likeness (QED) is 0.374. The Bertz CT molecular complexity index is 1490. The van der Waals surface area contributed by atoms with Crippen LogP contribution in [0.15, 0.2) is 30.3 Å². The Hall–Kier alpha value is -3.19. The number of anilines is 1. The highest BCUT2D eigenvalue weighted by Crippen LogP contribution is 2.46. The van der Waals surface area contributed by atoms with Gasteiger partial charge in [0, 0.05) is 39.6 Å². The minimum atomic E-state index is -0.187. The summed E-state index contributed by atoms with van der Waals surface area (Å²) in [5, 5.41) is 14.9. The molecule has 0 atom stereocenters. The molecule has 0 spiro atoms. The molecule has 1 saturated heterocycles. The van der Waals surface area contributed by atoms with Gasteiger partial charge in [-0.2, -0.15) is 9.97 Å². The molecule has 2 amide bonds. The second kappa shape index (κ2) is 10.7. The van der Waals surface area contributed by atoms with Crippen molar-refractivity contribution in [2.45, 2.75) is 32.4 Å². The molecular formula is C29H33IN6O4. The molecule has 3 heterocycles. The number of carbonyl (C=O) groups excluding carboxylic acids is 2. The van der Waals surface area contributed by atoms with Gasteiger partial charge in [-0.05, 0) is 79.5 Å². The summed E-state index contributed by atoms with van der Waals surface area (Å²) in [6.45, 7) is 3.55. The van der Waals surface area contributed by atoms with E-state index in [4.69, 9.17) is 14.7 Å². The predicted molar refractivity (Wildman–Crippen MR) is 159 cm³/mol. The maximum absolute atomic E-state index is 13.9. The molecule has 6 rings (SSSR count). The number of halogens is 1. The van der Waals surface area contributed by atoms with Gasteiger partial charge in [-0.1, -0.05) is 12.1 Å². The van der Waals surface area contributed by atoms with Crippen LogP contribution in [0.3, 0.4) is 0 Å². The molecule has 0 unspecified atom stereocenters. The molecule has 2 N–H and O–H groups in total. The molecule has 210 valence electrons. The van der Waals surface area contributed by atoms with Crippen molar-refractivity contribution in [1.82, 2.24) is 25.1 Å². The fourth-order valence-electron chi connectivity index (χ4n) is 5.79. The molecule has 2 aliphatic heterocycles. The van der Waals surface area contributed by atoms with Crippen LogP contribution < -0.4 is 15.0 Å². The molecule has 1 aromatic heterocycles. The Morgan fingerprint density at radius 1 is 1.20 bits per heavy atom. The molecule has 1 aliphatic carbocycles. The van der Waals surface area contributed by atoms with E-state index in [0.29, 0.717) is 44.2 Å². The van der Waals surface area contributed by atoms with Crippen molar-refractivity contribution in [2.75, 3.05) is 51.8 Å². The lowest BCUT2D eigenvalue weighted by atomic mass is 10.0. The van der Waals surface area contributed by atoms with Crippen molar-refractivity contribution in [3.05, 3.63) is 50.7 Å². The standard InChI is InChI=1S/C29H33IN6O4/c1-34(2)16-29(7-8-29)17-40-28-32-23-14-36(13-21(23)26(33-28)35-10-4-9-31-24(38)15-35)27(39)20-12-19(37)11-18-5-3-6-22(30)25(18)20/h3,5-6,11-12,37H,4,7-10,13-17H2,1-2H3,(H,31,38). The van der Waals surface area contributed by atoms with Gasteiger partial charge >= 0.3 is 6.01 Å². The van der Waals surface area contributed by atoms with Crippen LogP contribution in [-0.4, -0.2) is 83.6 Å². The van der Waals surface area contributed by atoms with Crippen LogP contribution in [0, 0.1) is 8.99 Å². The number of hydrogen-bond acceptors (Lipinski definition) is 8. The summed E-state index contributed by atoms with van der Waals surface area (Å²) in [5.74, 6) is 0.461. The predicted octanol–water partition coefficient (Wildman–Crippen LogP) is 3.14. The Morgan fingerprint density at radius 3 is 2.80 bits per heavy atom. The lowest BCUT2D eigenvalue weighted by molar-refractivity contribution is -0.119. The topological polar surface area (TPSA) is 111 Å². The van der Waals surface area contributed by atoms with E-state index in [1.165, 1.54) is 6.07 Å². The second-order valence-electron chi connectivity index (χ2n) is 11.4. The minimum absolute atomic E-state index is 0.0491. The van der Waals surface area contributed by atoms with Crippen LogP contribution in [0.5, 0.6) is 11.8 Å². The van der Waals surface area contributed by atoms with Gasteiger partial charge in [0.15, 0.2) is 0 Å². The minimum Gasteiger partial charge on any atom is -0.508 e. The average molecular weight is 657 g/mol. The Kier molecular flexibility index (Phi) is 7.19. The fourth-order valence-corrected chi connectivity index (χ4v) is 6.60. The van der Waals surface area contributed by atoms with Gasteiger partial charge in [-0.15, -0.1) is 0 Å². The third-order valence-corrected chi connectivity index (χ3v) is 8.74. The summed E-state index contributed by atoms with van der Waals surface area (Å²) in [6.07, 6.45) is 3.01. The van der Waals surface area contributed by atoms with Crippen LogP contribution in [0.4, 0.5) is 5.82 Å². The fraction of sp³-hybridized carbons (Fsp3) is 0.448. The van der Waals surface area contributed by atoms with Crippen LogP contribution in [0.1, 0.15) is 40.9 Å². The van der Waals surface area contributed by atoms with Crippen LogP contribution >= 0.6 is 22.6 Å². The van der Waals surface area contributed by atoms with Gasteiger partial charge in [0.05, 0.1) is 37.5 Å². The number of benzene rings is 2. The van der Waals surface area contributed by atoms with Crippen molar-refractivity contribution < 1.29 is 19.4 Å². The summed E-state index contributed by atoms with van der Waals surface area (Å²) < 4.78 is 7.14. The zero-order chi connectivity index (χ0) is 28.0. The van der Waals surface area contributed by atoms with E-state index >= 15 is 0 Å². The highest BCUT2D eigenvalue weighted by Gasteiger charge is 2.44. The number of amides is 2. The molecular weight excluding hydrogens is 623 g/mol. The van der Waals surface area contributed by atoms with Crippen LogP contribution in [-0.2, 0) is 17.9 Å². The maximum atomic E-state index is 13.9. The Balaban J connectivity index is 1.33. The van der Waals surface area contributed by atoms with Crippen LogP contribution in [0.25, 0.3) is 10.8 Å². The second-order valence-corrected chi connectivity index (χ2v) is 12.6. The molecule has 2 aromatic carbocycles. The summed E-state index contributed by atoms with van der Waals surface area (Å²) >= 11 is 2.23. The number of ether oxygens (including phenoxy) is 1. The molecule has 2 fully saturated rings. The first kappa shape index (κ1) is 27.0. The van der Waals surface area contributed by atoms with E-state index < -0.39 is 0 Å². The third kappa shape index (κ3) is 5.40. The molecule has 3 aliphatic rings. The van der Waals surface area contributed by atoms with Gasteiger partial charge in [-0.25, -0.2) is 0 Å². The van der Waals surface area contributed by atoms with Gasteiger partial charge < -0.3 is 29.9 Å². The molecule has 3 aromatic rings. The van der Waals surface area contributed by atoms with Gasteiger partial charge in [-0.3, -0.25) is 9.59 Å². The zero-order valence-electron chi connectivity index (χ0n) is 22.7. The highest BCUT2D eigenvalue weighted by atomic mass is 127. The van der Waals surface area contributed by atoms with Crippen molar-refractivity contribution in [3.8, 4) is 11.8 Å². The SMILES string of the molecule is CN(C)CC1(COc2nc3c(c(N4CCCNC(=O)C4)n2)CN(C(=O)c2cc(O)cc4cccc(I)c24)C3)CC1. The number of aromatic nitrogens is 2. The van der Waals surface area contributed by atoms with E-state index in [0.717, 1.165) is 51.4 Å². The van der Waals surface area contributed by atoms with E-state index in [9.17, 15) is 14.7 Å². The van der Waals surface area contributed by atoms with E-state index in [-0.39, 0.29) is 35.5 Å². The third-order valence-electron chi connectivity index (χ3n) is 7.85. The van der Waals surface area contributed by atoms with Crippen molar-refractivity contribution in [3.63, 3.8) is 0 Å². The summed E-state index contributed by atoms with van der Waals surface area (Å²) in [4.78, 5) is 41.8. The lowest BCUT2D eigenvalue weighted by Gasteiger charge is -2.24. The molecule has 11 heteroatoms. The summed E-state index contributed by atoms with van der Waals surface area (Å²) in [6, 6.07) is 9.26. The number of phenols is 1. The number of rotatable bonds is 7. The Morgan fingerprint density at radius 2 is 2.02 bits per heavy atom. The molecule has 0 bridgehead atoms. The smallest absolute Gasteiger partial charge is 0.318 e. The number of nitrogens with zero attached hydrogens (tertiary/aromatic N) is 5. The van der Waals surface area contributed by atoms with Gasteiger partial charge in [0.1, 0.15) is 11.6 Å². The number of carbonyl (C=O) groups is 2. The van der Waals surface area contributed by atoms with Crippen molar-refractivity contribution >= 4 is 51.0 Å². The molecule has 1 saturated carbocycles. The normalized spacial score (nSPS) is 18.1. The number of hydrogen-bond donors (Lipinski definition) is 2. The number of aromatic hydroxyl groups is 1. The summed E-state index contributed by atoms with van der Waals surface area (Å²) in [5.41, 5.74) is 2.13.